The molecule has 0 atom stereocenters. The molecule has 0 radical (unpaired) electrons. The van der Waals surface area contributed by atoms with Gasteiger partial charge in [-0.15, -0.1) is 32.9 Å². The van der Waals surface area contributed by atoms with Crippen molar-refractivity contribution in [1.29, 1.82) is 0 Å². The molecule has 43 heavy (non-hydrogen) atoms. The summed E-state index contributed by atoms with van der Waals surface area (Å²) in [4.78, 5) is 0. The van der Waals surface area contributed by atoms with Gasteiger partial charge in [0.25, 0.3) is 0 Å². The van der Waals surface area contributed by atoms with Crippen LogP contribution in [0.5, 0.6) is 0 Å². The maximum absolute atomic E-state index is 3.91. The lowest BCUT2D eigenvalue weighted by Crippen LogP contribution is -1.94. The van der Waals surface area contributed by atoms with E-state index in [0.29, 0.717) is 0 Å². The lowest BCUT2D eigenvalue weighted by molar-refractivity contribution is 0.436. The molecule has 0 fully saturated rings. The fraction of sp³-hybridized carbons (Fsp3) is 0.860. The van der Waals surface area contributed by atoms with Gasteiger partial charge in [0.2, 0.25) is 0 Å². The predicted molar refractivity (Wildman–Crippen MR) is 219 cm³/mol. The Bertz CT molecular complexity index is 300. The standard InChI is InChI=1S/C14H30.C13H26.C4H10.3C2H6.2C2H4.2CH4/c1-4-6-8-10-12-14(3)13-11-9-7-5-2;1-4-5-6-7-8-9-10-11-12-13(2)3;1-3-4-2;5*1-2;;/h14H,4-13H2,1-3H3;2,4-12H2,1,3H3;3-4H2,1-2H3;3*1-2H3;2*1-2H2;2*1H4. The summed E-state index contributed by atoms with van der Waals surface area (Å²) < 4.78 is 0. The van der Waals surface area contributed by atoms with Gasteiger partial charge in [-0.25, -0.2) is 0 Å². The van der Waals surface area contributed by atoms with E-state index in [2.05, 4.69) is 81.4 Å². The molecule has 0 saturated heterocycles. The second kappa shape index (κ2) is 97.0. The molecule has 0 heteroatoms. The summed E-state index contributed by atoms with van der Waals surface area (Å²) >= 11 is 0. The van der Waals surface area contributed by atoms with Gasteiger partial charge in [-0.2, -0.15) is 0 Å². The second-order valence-corrected chi connectivity index (χ2v) is 9.99. The lowest BCUT2D eigenvalue weighted by Gasteiger charge is -2.10. The van der Waals surface area contributed by atoms with Crippen LogP contribution in [0.15, 0.2) is 38.5 Å². The molecule has 0 unspecified atom stereocenters. The normalized spacial score (nSPS) is 8.05. The summed E-state index contributed by atoms with van der Waals surface area (Å²) in [7, 11) is 0. The molecule has 272 valence electrons. The van der Waals surface area contributed by atoms with Crippen molar-refractivity contribution < 1.29 is 0 Å². The Labute approximate surface area is 283 Å². The summed E-state index contributed by atoms with van der Waals surface area (Å²) in [6.07, 6.45) is 29.5. The molecular formula is C43H100. The number of rotatable bonds is 20. The zero-order chi connectivity index (χ0) is 34.0. The van der Waals surface area contributed by atoms with E-state index in [1.54, 1.807) is 0 Å². The maximum Gasteiger partial charge on any atom is -0.0326 e. The Morgan fingerprint density at radius 3 is 0.884 bits per heavy atom. The topological polar surface area (TPSA) is 0 Å². The Morgan fingerprint density at radius 1 is 0.419 bits per heavy atom. The first-order valence-corrected chi connectivity index (χ1v) is 18.6. The van der Waals surface area contributed by atoms with Crippen molar-refractivity contribution >= 4 is 0 Å². The Kier molecular flexibility index (Phi) is 156. The van der Waals surface area contributed by atoms with E-state index in [1.165, 1.54) is 140 Å². The number of hydrogen-bond donors (Lipinski definition) is 0. The average Bonchev–Trinajstić information content (AvgIpc) is 3.04. The molecule has 0 rings (SSSR count). The van der Waals surface area contributed by atoms with Crippen LogP contribution in [0.1, 0.15) is 240 Å². The fourth-order valence-electron chi connectivity index (χ4n) is 3.54. The van der Waals surface area contributed by atoms with Crippen LogP contribution in [-0.4, -0.2) is 0 Å². The van der Waals surface area contributed by atoms with Crippen LogP contribution in [0.2, 0.25) is 0 Å². The van der Waals surface area contributed by atoms with Crippen molar-refractivity contribution in [3.63, 3.8) is 0 Å². The van der Waals surface area contributed by atoms with Crippen LogP contribution < -0.4 is 0 Å². The van der Waals surface area contributed by atoms with Crippen molar-refractivity contribution in [2.24, 2.45) is 5.92 Å². The zero-order valence-electron chi connectivity index (χ0n) is 32.5. The van der Waals surface area contributed by atoms with E-state index in [4.69, 9.17) is 0 Å². The molecule has 0 N–H and O–H groups in total. The van der Waals surface area contributed by atoms with Crippen molar-refractivity contribution in [3.8, 4) is 0 Å². The first kappa shape index (κ1) is 69.1. The predicted octanol–water partition coefficient (Wildman–Crippen LogP) is 18.4. The van der Waals surface area contributed by atoms with Gasteiger partial charge in [-0.05, 0) is 25.7 Å². The van der Waals surface area contributed by atoms with E-state index in [9.17, 15) is 0 Å². The van der Waals surface area contributed by atoms with E-state index < -0.39 is 0 Å². The molecular weight excluding hydrogens is 516 g/mol. The third kappa shape index (κ3) is 128. The van der Waals surface area contributed by atoms with Gasteiger partial charge in [0, 0.05) is 0 Å². The molecule has 0 aromatic rings. The highest BCUT2D eigenvalue weighted by Crippen LogP contribution is 2.17. The van der Waals surface area contributed by atoms with Crippen molar-refractivity contribution in [1.82, 2.24) is 0 Å². The van der Waals surface area contributed by atoms with E-state index >= 15 is 0 Å². The minimum absolute atomic E-state index is 0. The summed E-state index contributed by atoms with van der Waals surface area (Å²) in [5.74, 6) is 0.976. The summed E-state index contributed by atoms with van der Waals surface area (Å²) in [5, 5.41) is 0. The summed E-state index contributed by atoms with van der Waals surface area (Å²) in [5.41, 5.74) is 1.34. The zero-order valence-corrected chi connectivity index (χ0v) is 32.5. The molecule has 0 aromatic heterocycles. The highest BCUT2D eigenvalue weighted by atomic mass is 14.1. The van der Waals surface area contributed by atoms with Crippen LogP contribution in [0.3, 0.4) is 0 Å². The highest BCUT2D eigenvalue weighted by Gasteiger charge is 2.01. The SMILES string of the molecule is C.C.C=C.C=C.C=C(C)CCCCCCCCCC.CC.CC.CC.CCCC.CCCCCCC(C)CCCCCC. The summed E-state index contributed by atoms with van der Waals surface area (Å²) in [6, 6.07) is 0. The Balaban J connectivity index is -0.0000000432. The van der Waals surface area contributed by atoms with Crippen LogP contribution in [0.4, 0.5) is 0 Å². The van der Waals surface area contributed by atoms with Gasteiger partial charge < -0.3 is 0 Å². The van der Waals surface area contributed by atoms with Crippen LogP contribution >= 0.6 is 0 Å². The largest absolute Gasteiger partial charge is 0.106 e. The van der Waals surface area contributed by atoms with Gasteiger partial charge in [0.15, 0.2) is 0 Å². The average molecular weight is 617 g/mol. The first-order valence-electron chi connectivity index (χ1n) is 18.6. The number of hydrogen-bond acceptors (Lipinski definition) is 0. The molecule has 0 spiro atoms. The molecule has 0 aliphatic heterocycles. The molecule has 0 nitrogen and oxygen atoms in total. The Hall–Kier alpha value is -0.780. The van der Waals surface area contributed by atoms with Gasteiger partial charge in [0.1, 0.15) is 0 Å². The van der Waals surface area contributed by atoms with Crippen molar-refractivity contribution in [2.45, 2.75) is 240 Å². The smallest absolute Gasteiger partial charge is 0.0326 e. The van der Waals surface area contributed by atoms with Crippen molar-refractivity contribution in [2.75, 3.05) is 0 Å². The van der Waals surface area contributed by atoms with Crippen LogP contribution in [0.25, 0.3) is 0 Å². The third-order valence-electron chi connectivity index (χ3n) is 6.06. The highest BCUT2D eigenvalue weighted by molar-refractivity contribution is 4.86. The molecule has 0 amide bonds. The van der Waals surface area contributed by atoms with E-state index in [-0.39, 0.29) is 14.9 Å². The number of unbranched alkanes of at least 4 members (excludes halogenated alkanes) is 14. The quantitative estimate of drug-likeness (QED) is 0.0942. The van der Waals surface area contributed by atoms with E-state index in [0.717, 1.165) is 5.92 Å². The fourth-order valence-corrected chi connectivity index (χ4v) is 3.54. The van der Waals surface area contributed by atoms with Gasteiger partial charge >= 0.3 is 0 Å². The van der Waals surface area contributed by atoms with Gasteiger partial charge in [-0.3, -0.25) is 0 Å². The second-order valence-electron chi connectivity index (χ2n) is 9.99. The number of allylic oxidation sites excluding steroid dienone is 1. The van der Waals surface area contributed by atoms with Gasteiger partial charge in [0.05, 0.1) is 0 Å². The first-order chi connectivity index (χ1) is 20.0. The van der Waals surface area contributed by atoms with Gasteiger partial charge in [-0.1, -0.05) is 226 Å². The Morgan fingerprint density at radius 2 is 0.651 bits per heavy atom. The van der Waals surface area contributed by atoms with Crippen LogP contribution in [0, 0.1) is 5.92 Å². The van der Waals surface area contributed by atoms with Crippen molar-refractivity contribution in [3.05, 3.63) is 38.5 Å². The molecule has 0 saturated carbocycles. The lowest BCUT2D eigenvalue weighted by atomic mass is 9.96. The molecule has 0 aliphatic carbocycles. The molecule has 0 heterocycles. The van der Waals surface area contributed by atoms with Crippen LogP contribution in [-0.2, 0) is 0 Å². The maximum atomic E-state index is 3.91. The molecule has 0 aliphatic rings. The third-order valence-corrected chi connectivity index (χ3v) is 6.06. The molecule has 0 bridgehead atoms. The monoisotopic (exact) mass is 617 g/mol. The minimum Gasteiger partial charge on any atom is -0.106 e. The van der Waals surface area contributed by atoms with E-state index in [1.807, 2.05) is 41.5 Å². The molecule has 0 aromatic carbocycles. The summed E-state index contributed by atoms with van der Waals surface area (Å²) in [6.45, 7) is 43.7. The minimum atomic E-state index is 0.